The molecule has 0 saturated carbocycles. The number of nitrogens with one attached hydrogen (secondary N) is 1. The van der Waals surface area contributed by atoms with Crippen molar-refractivity contribution in [2.75, 3.05) is 6.61 Å². The number of allylic oxidation sites excluding steroid dienone is 16. The fourth-order valence-electron chi connectivity index (χ4n) is 8.01. The van der Waals surface area contributed by atoms with E-state index in [4.69, 9.17) is 4.74 Å². The van der Waals surface area contributed by atoms with Gasteiger partial charge in [-0.15, -0.1) is 0 Å². The number of amides is 1. The number of carbonyl (C=O) groups excluding carboxylic acids is 2. The molecule has 0 heterocycles. The number of ether oxygens (including phenoxy) is 1. The maximum Gasteiger partial charge on any atom is 0.306 e. The van der Waals surface area contributed by atoms with Crippen LogP contribution < -0.4 is 5.32 Å². The summed E-state index contributed by atoms with van der Waals surface area (Å²) in [6, 6.07) is -0.729. The predicted octanol–water partition coefficient (Wildman–Crippen LogP) is 17.3. The molecule has 0 aliphatic rings. The molecule has 0 radical (unpaired) electrons. The van der Waals surface area contributed by atoms with Gasteiger partial charge in [0.25, 0.3) is 0 Å². The van der Waals surface area contributed by atoms with E-state index in [1.807, 2.05) is 0 Å². The lowest BCUT2D eigenvalue weighted by molar-refractivity contribution is -0.151. The number of esters is 1. The molecule has 3 N–H and O–H groups in total. The summed E-state index contributed by atoms with van der Waals surface area (Å²) in [5, 5.41) is 23.8. The van der Waals surface area contributed by atoms with Crippen molar-refractivity contribution < 1.29 is 24.5 Å². The summed E-state index contributed by atoms with van der Waals surface area (Å²) in [6.07, 6.45) is 71.8. The largest absolute Gasteiger partial charge is 0.462 e. The van der Waals surface area contributed by atoms with Crippen LogP contribution in [0.3, 0.4) is 0 Å². The van der Waals surface area contributed by atoms with Crippen LogP contribution in [-0.2, 0) is 14.3 Å². The van der Waals surface area contributed by atoms with Gasteiger partial charge in [0.05, 0.1) is 25.2 Å². The zero-order valence-corrected chi connectivity index (χ0v) is 43.8. The quantitative estimate of drug-likeness (QED) is 0.0321. The van der Waals surface area contributed by atoms with E-state index >= 15 is 0 Å². The molecule has 0 aromatic carbocycles. The van der Waals surface area contributed by atoms with Crippen molar-refractivity contribution in [3.63, 3.8) is 0 Å². The maximum absolute atomic E-state index is 13.3. The molecule has 0 fully saturated rings. The summed E-state index contributed by atoms with van der Waals surface area (Å²) in [6.45, 7) is 6.25. The molecule has 0 saturated heterocycles. The van der Waals surface area contributed by atoms with Gasteiger partial charge in [-0.2, -0.15) is 0 Å². The normalized spacial score (nSPS) is 13.9. The van der Waals surface area contributed by atoms with Crippen LogP contribution in [0.25, 0.3) is 0 Å². The fourth-order valence-corrected chi connectivity index (χ4v) is 8.01. The van der Waals surface area contributed by atoms with Crippen molar-refractivity contribution in [1.82, 2.24) is 5.32 Å². The topological polar surface area (TPSA) is 95.9 Å². The van der Waals surface area contributed by atoms with E-state index in [-0.39, 0.29) is 24.9 Å². The molecule has 0 aliphatic carbocycles. The molecule has 6 heteroatoms. The second-order valence-corrected chi connectivity index (χ2v) is 18.6. The first-order valence-electron chi connectivity index (χ1n) is 28.0. The number of unbranched alkanes of at least 4 members (excludes halogenated alkanes) is 21. The smallest absolute Gasteiger partial charge is 0.306 e. The number of rotatable bonds is 49. The SMILES string of the molecule is CC/C=C\C/C=C\C/C=C\C/C=C\C/C=C\CCCC(CC(=O)NC(CO)C(O)CCCCCCCCCCCCCCCCC)OC(=O)CCCCCCCC/C=C/C/C=C/C/C=C/CC. The number of aliphatic hydroxyl groups excluding tert-OH is 2. The van der Waals surface area contributed by atoms with Crippen LogP contribution in [-0.4, -0.2) is 46.9 Å². The second-order valence-electron chi connectivity index (χ2n) is 18.6. The van der Waals surface area contributed by atoms with Gasteiger partial charge in [-0.25, -0.2) is 0 Å². The Kier molecular flexibility index (Phi) is 51.1. The Morgan fingerprint density at radius 1 is 0.448 bits per heavy atom. The second kappa shape index (κ2) is 53.7. The lowest BCUT2D eigenvalue weighted by Gasteiger charge is -2.24. The van der Waals surface area contributed by atoms with Crippen LogP contribution in [0.4, 0.5) is 0 Å². The van der Waals surface area contributed by atoms with Crippen LogP contribution in [0.5, 0.6) is 0 Å². The Hall–Kier alpha value is -3.22. The highest BCUT2D eigenvalue weighted by Gasteiger charge is 2.24. The first-order chi connectivity index (χ1) is 33.0. The molecule has 0 aromatic rings. The van der Waals surface area contributed by atoms with Gasteiger partial charge >= 0.3 is 5.97 Å². The van der Waals surface area contributed by atoms with Crippen molar-refractivity contribution in [3.8, 4) is 0 Å². The minimum atomic E-state index is -0.811. The molecule has 0 rings (SSSR count). The summed E-state index contributed by atoms with van der Waals surface area (Å²) < 4.78 is 5.92. The first kappa shape index (κ1) is 63.8. The molecule has 0 aromatic heterocycles. The van der Waals surface area contributed by atoms with Crippen molar-refractivity contribution in [2.24, 2.45) is 0 Å². The lowest BCUT2D eigenvalue weighted by Crippen LogP contribution is -2.46. The van der Waals surface area contributed by atoms with Gasteiger partial charge in [-0.05, 0) is 96.3 Å². The molecule has 384 valence electrons. The van der Waals surface area contributed by atoms with E-state index in [1.54, 1.807) is 0 Å². The summed E-state index contributed by atoms with van der Waals surface area (Å²) in [5.41, 5.74) is 0. The van der Waals surface area contributed by atoms with Gasteiger partial charge in [0, 0.05) is 6.42 Å². The standard InChI is InChI=1S/C61H105NO5/c1-4-7-10-13-16-19-22-25-28-30-32-34-37-40-43-46-49-52-57(67-61(66)54-51-48-45-42-39-36-33-29-26-23-20-17-14-11-8-5-2)55-60(65)62-58(56-63)59(64)53-50-47-44-41-38-35-31-27-24-21-18-15-12-9-6-3/h7-8,10-11,16-17,19-20,25-26,28-29,32,34,40,43,57-59,63-64H,4-6,9,12-15,18,21-24,27,30-31,33,35-39,41-42,44-56H2,1-3H3,(H,62,65)/b10-7-,11-8+,19-16-,20-17+,28-25-,29-26+,34-32-,43-40-. The molecule has 67 heavy (non-hydrogen) atoms. The Bertz CT molecular complexity index is 1320. The Labute approximate surface area is 414 Å². The third-order valence-corrected chi connectivity index (χ3v) is 12.2. The number of carbonyl (C=O) groups is 2. The molecule has 3 atom stereocenters. The van der Waals surface area contributed by atoms with E-state index in [0.29, 0.717) is 19.3 Å². The molecule has 6 nitrogen and oxygen atoms in total. The van der Waals surface area contributed by atoms with Crippen LogP contribution in [0, 0.1) is 0 Å². The lowest BCUT2D eigenvalue weighted by atomic mass is 10.0. The molecule has 3 unspecified atom stereocenters. The minimum Gasteiger partial charge on any atom is -0.462 e. The van der Waals surface area contributed by atoms with Crippen molar-refractivity contribution >= 4 is 11.9 Å². The minimum absolute atomic E-state index is 0.0284. The first-order valence-corrected chi connectivity index (χ1v) is 28.0. The van der Waals surface area contributed by atoms with Gasteiger partial charge < -0.3 is 20.3 Å². The van der Waals surface area contributed by atoms with Crippen LogP contribution >= 0.6 is 0 Å². The van der Waals surface area contributed by atoms with E-state index in [0.717, 1.165) is 109 Å². The van der Waals surface area contributed by atoms with Gasteiger partial charge in [-0.3, -0.25) is 9.59 Å². The number of hydrogen-bond acceptors (Lipinski definition) is 5. The van der Waals surface area contributed by atoms with Gasteiger partial charge in [-0.1, -0.05) is 240 Å². The van der Waals surface area contributed by atoms with E-state index in [1.165, 1.54) is 96.3 Å². The Morgan fingerprint density at radius 2 is 0.821 bits per heavy atom. The summed E-state index contributed by atoms with van der Waals surface area (Å²) in [7, 11) is 0. The maximum atomic E-state index is 13.3. The molecule has 0 bridgehead atoms. The van der Waals surface area contributed by atoms with Gasteiger partial charge in [0.1, 0.15) is 6.10 Å². The third kappa shape index (κ3) is 49.0. The summed E-state index contributed by atoms with van der Waals surface area (Å²) in [5.74, 6) is -0.548. The molecule has 0 aliphatic heterocycles. The highest BCUT2D eigenvalue weighted by atomic mass is 16.5. The molecular weight excluding hydrogens is 827 g/mol. The van der Waals surface area contributed by atoms with Crippen molar-refractivity contribution in [3.05, 3.63) is 97.2 Å². The average Bonchev–Trinajstić information content (AvgIpc) is 3.32. The van der Waals surface area contributed by atoms with Crippen molar-refractivity contribution in [2.45, 2.75) is 270 Å². The predicted molar refractivity (Wildman–Crippen MR) is 291 cm³/mol. The van der Waals surface area contributed by atoms with Gasteiger partial charge in [0.15, 0.2) is 0 Å². The zero-order chi connectivity index (χ0) is 48.8. The highest BCUT2D eigenvalue weighted by molar-refractivity contribution is 5.77. The third-order valence-electron chi connectivity index (χ3n) is 12.2. The fraction of sp³-hybridized carbons (Fsp3) is 0.705. The zero-order valence-electron chi connectivity index (χ0n) is 43.8. The summed E-state index contributed by atoms with van der Waals surface area (Å²) >= 11 is 0. The number of hydrogen-bond donors (Lipinski definition) is 3. The molecular formula is C61H105NO5. The molecule has 0 spiro atoms. The number of aliphatic hydroxyl groups is 2. The Balaban J connectivity index is 4.70. The van der Waals surface area contributed by atoms with Crippen LogP contribution in [0.15, 0.2) is 97.2 Å². The van der Waals surface area contributed by atoms with Gasteiger partial charge in [0.2, 0.25) is 5.91 Å². The molecule has 1 amide bonds. The van der Waals surface area contributed by atoms with E-state index < -0.39 is 18.2 Å². The summed E-state index contributed by atoms with van der Waals surface area (Å²) in [4.78, 5) is 26.2. The van der Waals surface area contributed by atoms with Crippen LogP contribution in [0.1, 0.15) is 252 Å². The van der Waals surface area contributed by atoms with Crippen molar-refractivity contribution in [1.29, 1.82) is 0 Å². The monoisotopic (exact) mass is 932 g/mol. The van der Waals surface area contributed by atoms with E-state index in [9.17, 15) is 19.8 Å². The average molecular weight is 933 g/mol. The Morgan fingerprint density at radius 3 is 1.25 bits per heavy atom. The van der Waals surface area contributed by atoms with E-state index in [2.05, 4.69) is 123 Å². The van der Waals surface area contributed by atoms with Crippen LogP contribution in [0.2, 0.25) is 0 Å². The highest BCUT2D eigenvalue weighted by Crippen LogP contribution is 2.17.